The van der Waals surface area contributed by atoms with Crippen LogP contribution in [0.5, 0.6) is 0 Å². The van der Waals surface area contributed by atoms with Crippen molar-refractivity contribution < 1.29 is 27.2 Å². The maximum Gasteiger partial charge on any atom is 0.287 e. The highest BCUT2D eigenvalue weighted by molar-refractivity contribution is 6.06. The third kappa shape index (κ3) is 5.64. The van der Waals surface area contributed by atoms with Crippen LogP contribution in [0.25, 0.3) is 11.5 Å². The molecule has 0 bridgehead atoms. The highest BCUT2D eigenvalue weighted by Gasteiger charge is 2.34. The van der Waals surface area contributed by atoms with Crippen molar-refractivity contribution in [2.75, 3.05) is 42.7 Å². The maximum atomic E-state index is 13.3. The molecular formula is C22H25F3N8O3. The van der Waals surface area contributed by atoms with Gasteiger partial charge in [-0.05, 0) is 32.1 Å². The lowest BCUT2D eigenvalue weighted by Gasteiger charge is -2.17. The highest BCUT2D eigenvalue weighted by atomic mass is 19.3. The summed E-state index contributed by atoms with van der Waals surface area (Å²) in [5.74, 6) is -0.346. The molecule has 2 N–H and O–H groups in total. The molecular weight excluding hydrogens is 481 g/mol. The summed E-state index contributed by atoms with van der Waals surface area (Å²) in [7, 11) is 5.56. The zero-order chi connectivity index (χ0) is 26.0. The molecule has 2 amide bonds. The van der Waals surface area contributed by atoms with Gasteiger partial charge in [0, 0.05) is 38.3 Å². The average molecular weight is 506 g/mol. The monoisotopic (exact) mass is 506 g/mol. The number of nitrogens with zero attached hydrogens (tertiary/aromatic N) is 6. The number of nitrogens with one attached hydrogen (secondary N) is 2. The van der Waals surface area contributed by atoms with Crippen LogP contribution in [0.3, 0.4) is 0 Å². The molecule has 0 aromatic carbocycles. The molecule has 0 saturated carbocycles. The van der Waals surface area contributed by atoms with Gasteiger partial charge in [0.05, 0.1) is 6.20 Å². The number of aryl methyl sites for hydroxylation is 1. The predicted molar refractivity (Wildman–Crippen MR) is 124 cm³/mol. The summed E-state index contributed by atoms with van der Waals surface area (Å²) in [4.78, 5) is 37.0. The fourth-order valence-electron chi connectivity index (χ4n) is 3.93. The molecule has 0 aliphatic carbocycles. The van der Waals surface area contributed by atoms with E-state index in [-0.39, 0.29) is 29.2 Å². The first-order chi connectivity index (χ1) is 17.1. The van der Waals surface area contributed by atoms with Gasteiger partial charge in [-0.2, -0.15) is 5.10 Å². The van der Waals surface area contributed by atoms with Crippen LogP contribution in [0.1, 0.15) is 16.9 Å². The predicted octanol–water partition coefficient (Wildman–Crippen LogP) is 2.61. The Morgan fingerprint density at radius 2 is 2.11 bits per heavy atom. The minimum Gasteiger partial charge on any atom is -0.444 e. The van der Waals surface area contributed by atoms with Crippen molar-refractivity contribution in [3.8, 4) is 11.5 Å². The zero-order valence-electron chi connectivity index (χ0n) is 19.8. The number of halogens is 3. The number of oxazole rings is 1. The van der Waals surface area contributed by atoms with Crippen LogP contribution < -0.4 is 15.5 Å². The first kappa shape index (κ1) is 25.2. The normalized spacial score (nSPS) is 16.7. The molecule has 2 atom stereocenters. The van der Waals surface area contributed by atoms with Gasteiger partial charge in [0.25, 0.3) is 12.3 Å². The third-order valence-corrected chi connectivity index (χ3v) is 5.39. The minimum atomic E-state index is -3.22. The van der Waals surface area contributed by atoms with E-state index in [0.29, 0.717) is 30.0 Å². The van der Waals surface area contributed by atoms with E-state index in [2.05, 4.69) is 20.4 Å². The molecule has 4 rings (SSSR count). The molecule has 3 aromatic rings. The van der Waals surface area contributed by atoms with Crippen LogP contribution in [-0.4, -0.2) is 76.4 Å². The van der Waals surface area contributed by atoms with E-state index in [9.17, 15) is 22.8 Å². The lowest BCUT2D eigenvalue weighted by molar-refractivity contribution is -0.117. The first-order valence-corrected chi connectivity index (χ1v) is 11.0. The Morgan fingerprint density at radius 3 is 2.83 bits per heavy atom. The van der Waals surface area contributed by atoms with Crippen molar-refractivity contribution >= 4 is 29.1 Å². The molecule has 11 nitrogen and oxygen atoms in total. The fourth-order valence-corrected chi connectivity index (χ4v) is 3.93. The van der Waals surface area contributed by atoms with Crippen molar-refractivity contribution in [3.05, 3.63) is 36.5 Å². The molecule has 3 aromatic heterocycles. The minimum absolute atomic E-state index is 0.00529. The van der Waals surface area contributed by atoms with E-state index in [0.717, 1.165) is 12.8 Å². The largest absolute Gasteiger partial charge is 0.444 e. The number of rotatable bonds is 9. The van der Waals surface area contributed by atoms with Crippen molar-refractivity contribution in [1.82, 2.24) is 24.6 Å². The van der Waals surface area contributed by atoms with Gasteiger partial charge in [0.15, 0.2) is 11.5 Å². The van der Waals surface area contributed by atoms with E-state index < -0.39 is 18.6 Å². The Kier molecular flexibility index (Phi) is 7.24. The van der Waals surface area contributed by atoms with Crippen LogP contribution in [0, 0.1) is 5.92 Å². The van der Waals surface area contributed by atoms with Gasteiger partial charge >= 0.3 is 0 Å². The van der Waals surface area contributed by atoms with Crippen LogP contribution in [-0.2, 0) is 11.8 Å². The van der Waals surface area contributed by atoms with Gasteiger partial charge in [-0.3, -0.25) is 19.2 Å². The second-order valence-electron chi connectivity index (χ2n) is 8.68. The standard InChI is InChI=1S/C22H25F3N8O3/c1-31(2)8-12-6-17(34)33(9-12)20-14(10-32(3)30-20)27-21(35)15-11-36-22(28-15)13-4-5-26-16(7-13)29-19(25)18(23)24/h4-5,7,10-12,18-19H,6,8-9H2,1-3H3,(H,26,29)(H,27,35). The van der Waals surface area contributed by atoms with Gasteiger partial charge in [-0.1, -0.05) is 0 Å². The lowest BCUT2D eigenvalue weighted by Crippen LogP contribution is -2.28. The number of aromatic nitrogens is 4. The molecule has 0 spiro atoms. The number of hydrogen-bond donors (Lipinski definition) is 2. The Bertz CT molecular complexity index is 1240. The number of carbonyl (C=O) groups excluding carboxylic acids is 2. The van der Waals surface area contributed by atoms with Crippen molar-refractivity contribution in [2.24, 2.45) is 13.0 Å². The molecule has 4 heterocycles. The van der Waals surface area contributed by atoms with Crippen LogP contribution in [0.2, 0.25) is 0 Å². The maximum absolute atomic E-state index is 13.3. The second-order valence-corrected chi connectivity index (χ2v) is 8.68. The average Bonchev–Trinajstić information content (AvgIpc) is 3.52. The summed E-state index contributed by atoms with van der Waals surface area (Å²) in [6, 6.07) is 2.74. The topological polar surface area (TPSA) is 121 Å². The number of amides is 2. The molecule has 0 radical (unpaired) electrons. The lowest BCUT2D eigenvalue weighted by atomic mass is 10.1. The number of alkyl halides is 3. The van der Waals surface area contributed by atoms with E-state index in [4.69, 9.17) is 4.42 Å². The third-order valence-electron chi connectivity index (χ3n) is 5.39. The number of hydrogen-bond acceptors (Lipinski definition) is 8. The molecule has 2 unspecified atom stereocenters. The van der Waals surface area contributed by atoms with Gasteiger partial charge in [0.2, 0.25) is 18.1 Å². The van der Waals surface area contributed by atoms with E-state index in [1.807, 2.05) is 24.3 Å². The molecule has 1 saturated heterocycles. The smallest absolute Gasteiger partial charge is 0.287 e. The van der Waals surface area contributed by atoms with Crippen LogP contribution in [0.4, 0.5) is 30.5 Å². The fraction of sp³-hybridized carbons (Fsp3) is 0.409. The number of anilines is 3. The Hall–Kier alpha value is -3.94. The van der Waals surface area contributed by atoms with Crippen LogP contribution >= 0.6 is 0 Å². The van der Waals surface area contributed by atoms with E-state index >= 15 is 0 Å². The first-order valence-electron chi connectivity index (χ1n) is 11.0. The van der Waals surface area contributed by atoms with Gasteiger partial charge in [-0.25, -0.2) is 23.1 Å². The summed E-state index contributed by atoms with van der Waals surface area (Å²) >= 11 is 0. The van der Waals surface area contributed by atoms with Crippen LogP contribution in [0.15, 0.2) is 35.2 Å². The Morgan fingerprint density at radius 1 is 1.33 bits per heavy atom. The SMILES string of the molecule is CN(C)CC1CC(=O)N(c2nn(C)cc2NC(=O)c2coc(-c3ccnc(NC(F)C(F)F)c3)n2)C1. The zero-order valence-corrected chi connectivity index (χ0v) is 19.8. The molecule has 14 heteroatoms. The molecule has 1 fully saturated rings. The quantitative estimate of drug-likeness (QED) is 0.425. The molecule has 192 valence electrons. The Balaban J connectivity index is 1.48. The summed E-state index contributed by atoms with van der Waals surface area (Å²) in [5.41, 5.74) is 0.562. The van der Waals surface area contributed by atoms with Crippen molar-refractivity contribution in [1.29, 1.82) is 0 Å². The van der Waals surface area contributed by atoms with Gasteiger partial charge < -0.3 is 20.0 Å². The molecule has 36 heavy (non-hydrogen) atoms. The Labute approximate surface area is 204 Å². The van der Waals surface area contributed by atoms with E-state index in [1.54, 1.807) is 18.1 Å². The summed E-state index contributed by atoms with van der Waals surface area (Å²) in [5, 5.41) is 9.01. The highest BCUT2D eigenvalue weighted by Crippen LogP contribution is 2.31. The van der Waals surface area contributed by atoms with Gasteiger partial charge in [-0.15, -0.1) is 0 Å². The molecule has 1 aliphatic heterocycles. The van der Waals surface area contributed by atoms with E-state index in [1.165, 1.54) is 23.0 Å². The summed E-state index contributed by atoms with van der Waals surface area (Å²) < 4.78 is 45.1. The number of carbonyl (C=O) groups is 2. The summed E-state index contributed by atoms with van der Waals surface area (Å²) in [6.45, 7) is 1.23. The summed E-state index contributed by atoms with van der Waals surface area (Å²) in [6.07, 6.45) is -1.46. The second kappa shape index (κ2) is 10.4. The molecule has 1 aliphatic rings. The number of pyridine rings is 1. The van der Waals surface area contributed by atoms with Crippen molar-refractivity contribution in [3.63, 3.8) is 0 Å². The van der Waals surface area contributed by atoms with Gasteiger partial charge in [0.1, 0.15) is 17.8 Å². The van der Waals surface area contributed by atoms with Crippen molar-refractivity contribution in [2.45, 2.75) is 19.1 Å².